The topological polar surface area (TPSA) is 105 Å². The van der Waals surface area contributed by atoms with Crippen molar-refractivity contribution in [1.82, 2.24) is 19.7 Å². The van der Waals surface area contributed by atoms with E-state index < -0.39 is 6.04 Å². The number of nitrogens with zero attached hydrogens (tertiary/aromatic N) is 4. The number of pyridine rings is 1. The number of carbonyl (C=O) groups excluding carboxylic acids is 1. The van der Waals surface area contributed by atoms with E-state index in [2.05, 4.69) is 20.6 Å². The van der Waals surface area contributed by atoms with Gasteiger partial charge in [-0.05, 0) is 61.0 Å². The van der Waals surface area contributed by atoms with E-state index in [0.717, 1.165) is 5.56 Å². The average molecular weight is 459 g/mol. The lowest BCUT2D eigenvalue weighted by Gasteiger charge is -2.28. The molecule has 9 heteroatoms. The van der Waals surface area contributed by atoms with Crippen molar-refractivity contribution in [2.24, 2.45) is 0 Å². The Labute approximate surface area is 194 Å². The molecule has 2 aromatic carbocycles. The molecule has 1 aliphatic heterocycles. The Hall–Kier alpha value is -4.17. The zero-order chi connectivity index (χ0) is 22.9. The summed E-state index contributed by atoms with van der Waals surface area (Å²) < 4.78 is 1.65. The highest BCUT2D eigenvalue weighted by Gasteiger charge is 2.34. The molecule has 0 saturated heterocycles. The molecule has 5 rings (SSSR count). The summed E-state index contributed by atoms with van der Waals surface area (Å²) in [6.07, 6.45) is 1.61. The Kier molecular flexibility index (Phi) is 5.27. The second kappa shape index (κ2) is 8.40. The lowest BCUT2D eigenvalue weighted by molar-refractivity contribution is -0.113. The summed E-state index contributed by atoms with van der Waals surface area (Å²) in [6.45, 7) is 1.81. The quantitative estimate of drug-likeness (QED) is 0.412. The van der Waals surface area contributed by atoms with Crippen LogP contribution in [0.4, 0.5) is 11.8 Å². The molecule has 2 aromatic heterocycles. The van der Waals surface area contributed by atoms with Gasteiger partial charge in [-0.25, -0.2) is 9.67 Å². The highest BCUT2D eigenvalue weighted by atomic mass is 35.5. The number of allylic oxidation sites excluding steroid dienone is 1. The third kappa shape index (κ3) is 4.04. The van der Waals surface area contributed by atoms with Crippen LogP contribution >= 0.6 is 11.6 Å². The van der Waals surface area contributed by atoms with E-state index in [1.54, 1.807) is 59.4 Å². The average Bonchev–Trinajstić information content (AvgIpc) is 3.22. The number of phenolic OH excluding ortho intramolecular Hbond substituents is 1. The van der Waals surface area contributed by atoms with Crippen molar-refractivity contribution < 1.29 is 9.90 Å². The van der Waals surface area contributed by atoms with Crippen molar-refractivity contribution in [1.29, 1.82) is 0 Å². The first kappa shape index (κ1) is 20.7. The number of hydrogen-bond donors (Lipinski definition) is 3. The number of carbonyl (C=O) groups is 1. The van der Waals surface area contributed by atoms with Crippen LogP contribution in [0.2, 0.25) is 5.02 Å². The van der Waals surface area contributed by atoms with Gasteiger partial charge in [0.15, 0.2) is 5.82 Å². The third-order valence-corrected chi connectivity index (χ3v) is 5.54. The first-order valence-electron chi connectivity index (χ1n) is 10.2. The van der Waals surface area contributed by atoms with E-state index in [9.17, 15) is 9.90 Å². The van der Waals surface area contributed by atoms with Crippen molar-refractivity contribution in [2.75, 3.05) is 10.6 Å². The van der Waals surface area contributed by atoms with Gasteiger partial charge in [-0.1, -0.05) is 29.8 Å². The molecule has 1 aliphatic rings. The van der Waals surface area contributed by atoms with Gasteiger partial charge in [-0.2, -0.15) is 4.98 Å². The summed E-state index contributed by atoms with van der Waals surface area (Å²) in [7, 11) is 0. The SMILES string of the molecule is CC1=C(C(=O)Nc2ccccn2)C(c2cccc(O)c2)n2nc(-c3ccc(Cl)cc3)nc2N1. The van der Waals surface area contributed by atoms with E-state index >= 15 is 0 Å². The number of halogens is 1. The molecule has 1 amide bonds. The minimum absolute atomic E-state index is 0.0905. The normalized spacial score (nSPS) is 15.0. The second-order valence-corrected chi connectivity index (χ2v) is 7.98. The number of aromatic hydroxyl groups is 1. The van der Waals surface area contributed by atoms with Gasteiger partial charge < -0.3 is 15.7 Å². The molecule has 0 radical (unpaired) electrons. The minimum Gasteiger partial charge on any atom is -0.508 e. The largest absolute Gasteiger partial charge is 0.508 e. The van der Waals surface area contributed by atoms with Crippen LogP contribution in [0.1, 0.15) is 18.5 Å². The molecule has 3 N–H and O–H groups in total. The fourth-order valence-corrected chi connectivity index (χ4v) is 3.92. The Bertz CT molecular complexity index is 1370. The van der Waals surface area contributed by atoms with E-state index in [4.69, 9.17) is 16.7 Å². The molecule has 0 spiro atoms. The Morgan fingerprint density at radius 2 is 1.94 bits per heavy atom. The highest BCUT2D eigenvalue weighted by molar-refractivity contribution is 6.30. The van der Waals surface area contributed by atoms with Crippen LogP contribution < -0.4 is 10.6 Å². The molecule has 0 aliphatic carbocycles. The summed E-state index contributed by atoms with van der Waals surface area (Å²) in [5.74, 6) is 1.16. The maximum atomic E-state index is 13.4. The zero-order valence-electron chi connectivity index (χ0n) is 17.5. The molecule has 164 valence electrons. The molecular weight excluding hydrogens is 440 g/mol. The van der Waals surface area contributed by atoms with Gasteiger partial charge in [0.25, 0.3) is 5.91 Å². The van der Waals surface area contributed by atoms with Crippen LogP contribution in [0.3, 0.4) is 0 Å². The number of rotatable bonds is 4. The Balaban J connectivity index is 1.61. The van der Waals surface area contributed by atoms with Crippen molar-refractivity contribution in [3.63, 3.8) is 0 Å². The first-order valence-corrected chi connectivity index (χ1v) is 10.6. The fourth-order valence-electron chi connectivity index (χ4n) is 3.79. The molecule has 33 heavy (non-hydrogen) atoms. The second-order valence-electron chi connectivity index (χ2n) is 7.54. The molecule has 0 bridgehead atoms. The van der Waals surface area contributed by atoms with Crippen molar-refractivity contribution in [3.05, 3.63) is 94.8 Å². The zero-order valence-corrected chi connectivity index (χ0v) is 18.3. The minimum atomic E-state index is -0.620. The number of phenols is 1. The summed E-state index contributed by atoms with van der Waals surface area (Å²) in [5, 5.41) is 21.5. The molecule has 8 nitrogen and oxygen atoms in total. The molecule has 4 aromatic rings. The predicted octanol–water partition coefficient (Wildman–Crippen LogP) is 4.63. The molecular formula is C24H19ClN6O2. The number of aromatic nitrogens is 4. The van der Waals surface area contributed by atoms with Gasteiger partial charge in [0.1, 0.15) is 17.6 Å². The Morgan fingerprint density at radius 3 is 2.67 bits per heavy atom. The number of anilines is 2. The van der Waals surface area contributed by atoms with E-state index in [1.165, 1.54) is 0 Å². The Morgan fingerprint density at radius 1 is 1.12 bits per heavy atom. The number of hydrogen-bond acceptors (Lipinski definition) is 6. The third-order valence-electron chi connectivity index (χ3n) is 5.29. The lowest BCUT2D eigenvalue weighted by atomic mass is 9.95. The van der Waals surface area contributed by atoms with E-state index in [1.807, 2.05) is 25.1 Å². The van der Waals surface area contributed by atoms with Crippen molar-refractivity contribution in [3.8, 4) is 17.1 Å². The summed E-state index contributed by atoms with van der Waals surface area (Å²) in [4.78, 5) is 22.2. The monoisotopic (exact) mass is 458 g/mol. The number of fused-ring (bicyclic) bond motifs is 1. The molecule has 0 fully saturated rings. The number of amides is 1. The van der Waals surface area contributed by atoms with Gasteiger partial charge in [-0.15, -0.1) is 5.10 Å². The summed E-state index contributed by atoms with van der Waals surface area (Å²) in [6, 6.07) is 18.6. The number of nitrogens with one attached hydrogen (secondary N) is 2. The maximum absolute atomic E-state index is 13.4. The maximum Gasteiger partial charge on any atom is 0.257 e. The van der Waals surface area contributed by atoms with Crippen molar-refractivity contribution in [2.45, 2.75) is 13.0 Å². The van der Waals surface area contributed by atoms with Crippen LogP contribution in [0.15, 0.2) is 84.2 Å². The predicted molar refractivity (Wildman–Crippen MR) is 126 cm³/mol. The number of benzene rings is 2. The van der Waals surface area contributed by atoms with Crippen LogP contribution in [-0.4, -0.2) is 30.8 Å². The summed E-state index contributed by atoms with van der Waals surface area (Å²) >= 11 is 6.02. The smallest absolute Gasteiger partial charge is 0.257 e. The van der Waals surface area contributed by atoms with Crippen molar-refractivity contribution >= 4 is 29.3 Å². The standard InChI is InChI=1S/C24H19ClN6O2/c1-14-20(23(33)28-19-7-2-3-12-26-19)21(16-5-4-6-18(32)13-16)31-24(27-14)29-22(30-31)15-8-10-17(25)11-9-15/h2-13,21,32H,1H3,(H,26,28,33)(H,27,29,30). The van der Waals surface area contributed by atoms with Gasteiger partial charge >= 0.3 is 0 Å². The highest BCUT2D eigenvalue weighted by Crippen LogP contribution is 2.37. The summed E-state index contributed by atoms with van der Waals surface area (Å²) in [5.41, 5.74) is 2.54. The van der Waals surface area contributed by atoms with Gasteiger partial charge in [0.05, 0.1) is 5.57 Å². The fraction of sp³-hybridized carbons (Fsp3) is 0.0833. The van der Waals surface area contributed by atoms with Crippen LogP contribution in [0, 0.1) is 0 Å². The van der Waals surface area contributed by atoms with Gasteiger partial charge in [0.2, 0.25) is 5.95 Å². The molecule has 1 atom stereocenters. The molecule has 0 saturated carbocycles. The van der Waals surface area contributed by atoms with E-state index in [-0.39, 0.29) is 11.7 Å². The molecule has 3 heterocycles. The van der Waals surface area contributed by atoms with Crippen LogP contribution in [-0.2, 0) is 4.79 Å². The van der Waals surface area contributed by atoms with Gasteiger partial charge in [-0.3, -0.25) is 4.79 Å². The van der Waals surface area contributed by atoms with Crippen LogP contribution in [0.5, 0.6) is 5.75 Å². The molecule has 1 unspecified atom stereocenters. The van der Waals surface area contributed by atoms with Crippen LogP contribution in [0.25, 0.3) is 11.4 Å². The lowest BCUT2D eigenvalue weighted by Crippen LogP contribution is -2.31. The van der Waals surface area contributed by atoms with E-state index in [0.29, 0.717) is 39.4 Å². The van der Waals surface area contributed by atoms with Gasteiger partial charge in [0, 0.05) is 22.5 Å². The first-order chi connectivity index (χ1) is 16.0.